The molecule has 0 saturated heterocycles. The fourth-order valence-corrected chi connectivity index (χ4v) is 20.1. The fourth-order valence-electron chi connectivity index (χ4n) is 20.1. The molecule has 0 saturated carbocycles. The summed E-state index contributed by atoms with van der Waals surface area (Å²) in [5, 5.41) is 20.6. The zero-order valence-electron chi connectivity index (χ0n) is 80.8. The SMILES string of the molecule is c1ccc(-c2ccc(-c3nc(-c4ccc(-c5nccc6ccccc56)cc4)nc(-c4ccc(-c5nccc6ccccc56)cc4)n3)cc2)cc1.c1ccc2c(-c3ccc(-c4nc(-c5ccc(-c6nccc7ccccc67)cc5)nc(-c5cc6ccccc6c6ccccc56)n4)cc3)nccc2c1.c1ccc2cc(-c3nc(-c4ccc(-c5nccc6ccccc56)cc4)nc(-c4ccc(-c5nccc6ccccc56)cc4)n3)ccc2c1. The van der Waals surface area contributed by atoms with E-state index in [1.54, 1.807) is 0 Å². The first-order chi connectivity index (χ1) is 74.3. The van der Waals surface area contributed by atoms with Crippen LogP contribution >= 0.6 is 0 Å². The highest BCUT2D eigenvalue weighted by Crippen LogP contribution is 2.42. The van der Waals surface area contributed by atoms with Crippen LogP contribution in [-0.2, 0) is 0 Å². The van der Waals surface area contributed by atoms with Crippen LogP contribution in [-0.4, -0.2) is 74.8 Å². The largest absolute Gasteiger partial charge is 0.256 e. The van der Waals surface area contributed by atoms with Crippen LogP contribution in [0.4, 0.5) is 0 Å². The lowest BCUT2D eigenvalue weighted by atomic mass is 9.96. The van der Waals surface area contributed by atoms with Crippen molar-refractivity contribution in [1.82, 2.24) is 74.8 Å². The Morgan fingerprint density at radius 2 is 0.293 bits per heavy atom. The van der Waals surface area contributed by atoms with Crippen LogP contribution in [0, 0.1) is 0 Å². The van der Waals surface area contributed by atoms with Crippen LogP contribution in [0.5, 0.6) is 0 Å². The summed E-state index contributed by atoms with van der Waals surface area (Å²) in [6, 6.07) is 165. The van der Waals surface area contributed by atoms with Gasteiger partial charge in [0.15, 0.2) is 52.4 Å². The molecule has 0 N–H and O–H groups in total. The van der Waals surface area contributed by atoms with Crippen molar-refractivity contribution in [3.05, 3.63) is 516 Å². The summed E-state index contributed by atoms with van der Waals surface area (Å²) in [5.41, 5.74) is 22.5. The number of hydrogen-bond donors (Lipinski definition) is 0. The summed E-state index contributed by atoms with van der Waals surface area (Å²) in [4.78, 5) is 73.8. The van der Waals surface area contributed by atoms with Crippen LogP contribution in [0.25, 0.3) is 278 Å². The van der Waals surface area contributed by atoms with E-state index in [9.17, 15) is 0 Å². The third kappa shape index (κ3) is 17.9. The van der Waals surface area contributed by atoms with Crippen LogP contribution < -0.4 is 0 Å². The lowest BCUT2D eigenvalue weighted by molar-refractivity contribution is 1.07. The summed E-state index contributed by atoms with van der Waals surface area (Å²) in [5.74, 6) is 5.51. The molecular formula is C135H85N15. The molecular weight excluding hydrogens is 1830 g/mol. The molecule has 9 heterocycles. The van der Waals surface area contributed by atoms with Crippen molar-refractivity contribution >= 4 is 97.0 Å². The predicted molar refractivity (Wildman–Crippen MR) is 611 cm³/mol. The molecule has 150 heavy (non-hydrogen) atoms. The third-order valence-electron chi connectivity index (χ3n) is 27.7. The van der Waals surface area contributed by atoms with Crippen LogP contribution in [0.1, 0.15) is 0 Å². The Kier molecular flexibility index (Phi) is 23.7. The monoisotopic (exact) mass is 1920 g/mol. The van der Waals surface area contributed by atoms with Crippen molar-refractivity contribution in [2.75, 3.05) is 0 Å². The molecule has 0 aliphatic heterocycles. The van der Waals surface area contributed by atoms with E-state index in [4.69, 9.17) is 74.8 Å². The minimum Gasteiger partial charge on any atom is -0.256 e. The molecule has 19 aromatic carbocycles. The van der Waals surface area contributed by atoms with Crippen molar-refractivity contribution in [2.45, 2.75) is 0 Å². The van der Waals surface area contributed by atoms with E-state index >= 15 is 0 Å². The van der Waals surface area contributed by atoms with Gasteiger partial charge < -0.3 is 0 Å². The first kappa shape index (κ1) is 89.5. The van der Waals surface area contributed by atoms with Gasteiger partial charge in [-0.15, -0.1) is 0 Å². The maximum atomic E-state index is 5.16. The Labute approximate surface area is 863 Å². The number of benzene rings is 19. The highest BCUT2D eigenvalue weighted by atomic mass is 15.1. The second kappa shape index (κ2) is 39.6. The number of nitrogens with zero attached hydrogens (tertiary/aromatic N) is 15. The van der Waals surface area contributed by atoms with Gasteiger partial charge in [0, 0.05) is 153 Å². The number of fused-ring (bicyclic) bond motifs is 10. The molecule has 0 unspecified atom stereocenters. The van der Waals surface area contributed by atoms with E-state index in [-0.39, 0.29) is 0 Å². The predicted octanol–water partition coefficient (Wildman–Crippen LogP) is 33.0. The number of rotatable bonds is 16. The summed E-state index contributed by atoms with van der Waals surface area (Å²) in [6.07, 6.45) is 11.2. The highest BCUT2D eigenvalue weighted by molar-refractivity contribution is 6.14. The van der Waals surface area contributed by atoms with E-state index in [1.807, 2.05) is 104 Å². The first-order valence-corrected chi connectivity index (χ1v) is 49.8. The van der Waals surface area contributed by atoms with Crippen molar-refractivity contribution in [1.29, 1.82) is 0 Å². The summed E-state index contributed by atoms with van der Waals surface area (Å²) >= 11 is 0. The topological polar surface area (TPSA) is 193 Å². The van der Waals surface area contributed by atoms with Gasteiger partial charge in [-0.2, -0.15) is 0 Å². The number of pyridine rings is 6. The van der Waals surface area contributed by atoms with Crippen molar-refractivity contribution in [3.8, 4) is 181 Å². The summed E-state index contributed by atoms with van der Waals surface area (Å²) in [7, 11) is 0. The van der Waals surface area contributed by atoms with E-state index < -0.39 is 0 Å². The van der Waals surface area contributed by atoms with Crippen LogP contribution in [0.2, 0.25) is 0 Å². The molecule has 0 aliphatic rings. The Morgan fingerprint density at radius 3 is 0.580 bits per heavy atom. The molecule has 0 amide bonds. The minimum atomic E-state index is 0.606. The lowest BCUT2D eigenvalue weighted by Gasteiger charge is -2.13. The first-order valence-electron chi connectivity index (χ1n) is 49.8. The van der Waals surface area contributed by atoms with Crippen molar-refractivity contribution < 1.29 is 0 Å². The second-order valence-electron chi connectivity index (χ2n) is 36.9. The molecule has 15 nitrogen and oxygen atoms in total. The number of hydrogen-bond acceptors (Lipinski definition) is 15. The molecule has 0 bridgehead atoms. The van der Waals surface area contributed by atoms with E-state index in [0.29, 0.717) is 52.4 Å². The van der Waals surface area contributed by atoms with Crippen molar-refractivity contribution in [2.24, 2.45) is 0 Å². The maximum Gasteiger partial charge on any atom is 0.164 e. The Bertz CT molecular complexity index is 9540. The molecule has 0 atom stereocenters. The van der Waals surface area contributed by atoms with Gasteiger partial charge in [0.25, 0.3) is 0 Å². The Balaban J connectivity index is 0.000000114. The molecule has 28 rings (SSSR count). The average Bonchev–Trinajstić information content (AvgIpc) is 0.751. The number of aromatic nitrogens is 15. The van der Waals surface area contributed by atoms with Gasteiger partial charge in [0.2, 0.25) is 0 Å². The zero-order chi connectivity index (χ0) is 99.6. The normalized spacial score (nSPS) is 11.3. The molecule has 28 aromatic rings. The molecule has 9 aromatic heterocycles. The smallest absolute Gasteiger partial charge is 0.164 e. The highest BCUT2D eigenvalue weighted by Gasteiger charge is 2.23. The third-order valence-corrected chi connectivity index (χ3v) is 27.7. The molecule has 0 spiro atoms. The Hall–Kier alpha value is -20.6. The van der Waals surface area contributed by atoms with Gasteiger partial charge in [-0.1, -0.05) is 431 Å². The Morgan fingerprint density at radius 1 is 0.100 bits per heavy atom. The van der Waals surface area contributed by atoms with Gasteiger partial charge in [0.1, 0.15) is 0 Å². The van der Waals surface area contributed by atoms with Crippen LogP contribution in [0.15, 0.2) is 516 Å². The average molecular weight is 1920 g/mol. The second-order valence-corrected chi connectivity index (χ2v) is 36.9. The van der Waals surface area contributed by atoms with E-state index in [0.717, 1.165) is 215 Å². The van der Waals surface area contributed by atoms with Crippen LogP contribution in [0.3, 0.4) is 0 Å². The van der Waals surface area contributed by atoms with Gasteiger partial charge >= 0.3 is 0 Å². The zero-order valence-corrected chi connectivity index (χ0v) is 80.8. The quantitative estimate of drug-likeness (QED) is 0.0829. The van der Waals surface area contributed by atoms with Gasteiger partial charge in [-0.3, -0.25) is 29.9 Å². The minimum absolute atomic E-state index is 0.606. The maximum absolute atomic E-state index is 5.16. The molecule has 0 aliphatic carbocycles. The van der Waals surface area contributed by atoms with E-state index in [2.05, 4.69) is 413 Å². The van der Waals surface area contributed by atoms with Gasteiger partial charge in [-0.25, -0.2) is 44.9 Å². The lowest BCUT2D eigenvalue weighted by Crippen LogP contribution is -2.01. The van der Waals surface area contributed by atoms with Gasteiger partial charge in [-0.05, 0) is 124 Å². The molecule has 700 valence electrons. The molecule has 0 fully saturated rings. The fraction of sp³-hybridized carbons (Fsp3) is 0. The molecule has 15 heteroatoms. The summed E-state index contributed by atoms with van der Waals surface area (Å²) < 4.78 is 0. The van der Waals surface area contributed by atoms with E-state index in [1.165, 1.54) is 10.8 Å². The standard InChI is InChI=1S/C47H29N5.C45H29N5.C43H27N5/c1-5-13-38-30(9-1)25-27-48-43(38)32-17-21-34(22-18-32)45-50-46(35-23-19-33(20-24-35)44-39-14-6-2-10-31(39)26-28-49-44)52-47(51-45)42-29-36-11-3-4-12-37(36)40-15-7-8-16-41(40)42;1-2-8-30(9-3-1)31-14-20-36(21-15-31)43-48-44(37-22-16-34(17-23-37)41-39-12-6-4-10-32(39)26-28-46-41)50-45(49-43)38-24-18-35(19-25-38)42-40-13-7-5-11-33(40)27-29-47-42;1-2-10-35-27-36(22-13-28(35)7-1)43-47-41(33-18-14-31(15-19-33)39-37-11-5-3-8-29(37)23-25-44-39)46-42(48-43)34-20-16-32(17-21-34)40-38-12-6-4-9-30(38)24-26-45-40/h1-29H;1-29H;1-27H. The van der Waals surface area contributed by atoms with Crippen molar-refractivity contribution in [3.63, 3.8) is 0 Å². The van der Waals surface area contributed by atoms with Gasteiger partial charge in [0.05, 0.1) is 34.2 Å². The summed E-state index contributed by atoms with van der Waals surface area (Å²) in [6.45, 7) is 0. The molecule has 0 radical (unpaired) electrons.